The van der Waals surface area contributed by atoms with Crippen molar-refractivity contribution in [3.05, 3.63) is 30.3 Å². The summed E-state index contributed by atoms with van der Waals surface area (Å²) in [5, 5.41) is 0. The molecule has 1 fully saturated rings. The predicted octanol–water partition coefficient (Wildman–Crippen LogP) is 2.07. The maximum atomic E-state index is 11.5. The number of ether oxygens (including phenoxy) is 2. The molecule has 5 nitrogen and oxygen atoms in total. The maximum absolute atomic E-state index is 11.5. The molecule has 2 atom stereocenters. The topological polar surface area (TPSA) is 56.8 Å². The standard InChI is InChI=1S/C15H21NO4/c1-2-18-15(17)14-11-13(20-16-14)9-6-10-19-12-7-4-3-5-8-12/h3-5,7-8,13-14,16H,2,6,9-11H2,1H3. The quantitative estimate of drug-likeness (QED) is 0.611. The number of nitrogens with one attached hydrogen (secondary N) is 1. The summed E-state index contributed by atoms with van der Waals surface area (Å²) < 4.78 is 10.6. The van der Waals surface area contributed by atoms with Gasteiger partial charge >= 0.3 is 5.97 Å². The van der Waals surface area contributed by atoms with Gasteiger partial charge in [0.05, 0.1) is 19.3 Å². The van der Waals surface area contributed by atoms with Gasteiger partial charge in [-0.25, -0.2) is 0 Å². The van der Waals surface area contributed by atoms with Crippen molar-refractivity contribution < 1.29 is 19.1 Å². The first-order chi connectivity index (χ1) is 9.79. The fourth-order valence-electron chi connectivity index (χ4n) is 2.12. The van der Waals surface area contributed by atoms with Crippen LogP contribution in [0.15, 0.2) is 30.3 Å². The van der Waals surface area contributed by atoms with Crippen molar-refractivity contribution in [1.82, 2.24) is 5.48 Å². The first kappa shape index (κ1) is 14.8. The number of para-hydroxylation sites is 1. The van der Waals surface area contributed by atoms with Crippen LogP contribution in [0.25, 0.3) is 0 Å². The van der Waals surface area contributed by atoms with Gasteiger partial charge < -0.3 is 9.47 Å². The summed E-state index contributed by atoms with van der Waals surface area (Å²) in [4.78, 5) is 16.9. The van der Waals surface area contributed by atoms with Crippen molar-refractivity contribution in [1.29, 1.82) is 0 Å². The van der Waals surface area contributed by atoms with Crippen LogP contribution in [-0.4, -0.2) is 31.3 Å². The number of hydrogen-bond donors (Lipinski definition) is 1. The van der Waals surface area contributed by atoms with Crippen LogP contribution < -0.4 is 10.2 Å². The van der Waals surface area contributed by atoms with E-state index in [0.29, 0.717) is 19.6 Å². The lowest BCUT2D eigenvalue weighted by atomic mass is 10.1. The Kier molecular flexibility index (Phi) is 5.83. The minimum absolute atomic E-state index is 0.0452. The molecule has 0 amide bonds. The van der Waals surface area contributed by atoms with Gasteiger partial charge in [-0.2, -0.15) is 5.48 Å². The molecule has 0 radical (unpaired) electrons. The summed E-state index contributed by atoms with van der Waals surface area (Å²) >= 11 is 0. The average Bonchev–Trinajstić information content (AvgIpc) is 2.94. The molecule has 0 saturated carbocycles. The molecule has 1 saturated heterocycles. The van der Waals surface area contributed by atoms with Gasteiger partial charge in [0, 0.05) is 6.42 Å². The van der Waals surface area contributed by atoms with Crippen molar-refractivity contribution in [2.45, 2.75) is 38.3 Å². The van der Waals surface area contributed by atoms with Crippen molar-refractivity contribution >= 4 is 5.97 Å². The molecule has 0 spiro atoms. The predicted molar refractivity (Wildman–Crippen MR) is 74.2 cm³/mol. The second-order valence-electron chi connectivity index (χ2n) is 4.70. The van der Waals surface area contributed by atoms with Gasteiger partial charge in [-0.15, -0.1) is 0 Å². The van der Waals surface area contributed by atoms with Gasteiger partial charge in [0.2, 0.25) is 0 Å². The lowest BCUT2D eigenvalue weighted by Crippen LogP contribution is -2.31. The van der Waals surface area contributed by atoms with Gasteiger partial charge in [0.15, 0.2) is 0 Å². The average molecular weight is 279 g/mol. The Labute approximate surface area is 119 Å². The van der Waals surface area contributed by atoms with Gasteiger partial charge in [-0.1, -0.05) is 18.2 Å². The fourth-order valence-corrected chi connectivity index (χ4v) is 2.12. The van der Waals surface area contributed by atoms with Crippen LogP contribution in [0.1, 0.15) is 26.2 Å². The van der Waals surface area contributed by atoms with E-state index in [-0.39, 0.29) is 18.1 Å². The Balaban J connectivity index is 1.60. The number of rotatable bonds is 7. The van der Waals surface area contributed by atoms with Crippen molar-refractivity contribution in [3.63, 3.8) is 0 Å². The maximum Gasteiger partial charge on any atom is 0.325 e. The van der Waals surface area contributed by atoms with E-state index in [2.05, 4.69) is 5.48 Å². The fraction of sp³-hybridized carbons (Fsp3) is 0.533. The van der Waals surface area contributed by atoms with Crippen molar-refractivity contribution in [3.8, 4) is 5.75 Å². The Morgan fingerprint density at radius 1 is 1.40 bits per heavy atom. The van der Waals surface area contributed by atoms with E-state index in [4.69, 9.17) is 14.3 Å². The molecule has 1 aliphatic rings. The largest absolute Gasteiger partial charge is 0.494 e. The summed E-state index contributed by atoms with van der Waals surface area (Å²) in [5.41, 5.74) is 2.73. The number of esters is 1. The highest BCUT2D eigenvalue weighted by molar-refractivity contribution is 5.75. The molecule has 2 unspecified atom stereocenters. The van der Waals surface area contributed by atoms with E-state index in [1.165, 1.54) is 0 Å². The molecule has 0 aliphatic carbocycles. The van der Waals surface area contributed by atoms with Crippen LogP contribution in [0.2, 0.25) is 0 Å². The van der Waals surface area contributed by atoms with E-state index >= 15 is 0 Å². The van der Waals surface area contributed by atoms with E-state index < -0.39 is 0 Å². The first-order valence-corrected chi connectivity index (χ1v) is 7.05. The monoisotopic (exact) mass is 279 g/mol. The van der Waals surface area contributed by atoms with Crippen LogP contribution in [-0.2, 0) is 14.4 Å². The molecular weight excluding hydrogens is 258 g/mol. The summed E-state index contributed by atoms with van der Waals surface area (Å²) in [6.07, 6.45) is 2.44. The van der Waals surface area contributed by atoms with Crippen molar-refractivity contribution in [2.24, 2.45) is 0 Å². The molecule has 1 heterocycles. The zero-order chi connectivity index (χ0) is 14.2. The number of hydroxylamine groups is 1. The molecule has 0 aromatic heterocycles. The normalized spacial score (nSPS) is 21.6. The molecule has 20 heavy (non-hydrogen) atoms. The molecule has 2 rings (SSSR count). The van der Waals surface area contributed by atoms with Crippen LogP contribution in [0.4, 0.5) is 0 Å². The van der Waals surface area contributed by atoms with Crippen LogP contribution >= 0.6 is 0 Å². The van der Waals surface area contributed by atoms with Gasteiger partial charge in [0.1, 0.15) is 11.8 Å². The SMILES string of the molecule is CCOC(=O)C1CC(CCCOc2ccccc2)ON1. The molecule has 1 N–H and O–H groups in total. The molecular formula is C15H21NO4. The van der Waals surface area contributed by atoms with Crippen LogP contribution in [0, 0.1) is 0 Å². The van der Waals surface area contributed by atoms with Crippen LogP contribution in [0.3, 0.4) is 0 Å². The second-order valence-corrected chi connectivity index (χ2v) is 4.70. The van der Waals surface area contributed by atoms with Gasteiger partial charge in [0.25, 0.3) is 0 Å². The third kappa shape index (κ3) is 4.51. The Bertz CT molecular complexity index is 410. The highest BCUT2D eigenvalue weighted by Gasteiger charge is 2.31. The number of benzene rings is 1. The number of carbonyl (C=O) groups excluding carboxylic acids is 1. The van der Waals surface area contributed by atoms with E-state index in [1.807, 2.05) is 30.3 Å². The minimum Gasteiger partial charge on any atom is -0.494 e. The highest BCUT2D eigenvalue weighted by Crippen LogP contribution is 2.17. The minimum atomic E-state index is -0.338. The lowest BCUT2D eigenvalue weighted by Gasteiger charge is -2.09. The summed E-state index contributed by atoms with van der Waals surface area (Å²) in [6.45, 7) is 2.84. The van der Waals surface area contributed by atoms with E-state index in [1.54, 1.807) is 6.92 Å². The van der Waals surface area contributed by atoms with Crippen molar-refractivity contribution in [2.75, 3.05) is 13.2 Å². The third-order valence-corrected chi connectivity index (χ3v) is 3.13. The first-order valence-electron chi connectivity index (χ1n) is 7.05. The van der Waals surface area contributed by atoms with Crippen LogP contribution in [0.5, 0.6) is 5.75 Å². The molecule has 110 valence electrons. The summed E-state index contributed by atoms with van der Waals surface area (Å²) in [7, 11) is 0. The highest BCUT2D eigenvalue weighted by atomic mass is 16.7. The number of carbonyl (C=O) groups is 1. The zero-order valence-electron chi connectivity index (χ0n) is 11.7. The molecule has 1 aromatic rings. The Morgan fingerprint density at radius 3 is 2.95 bits per heavy atom. The Morgan fingerprint density at radius 2 is 2.20 bits per heavy atom. The van der Waals surface area contributed by atoms with Gasteiger partial charge in [-0.3, -0.25) is 9.63 Å². The number of hydrogen-bond acceptors (Lipinski definition) is 5. The van der Waals surface area contributed by atoms with E-state index in [0.717, 1.165) is 18.6 Å². The second kappa shape index (κ2) is 7.87. The molecule has 1 aliphatic heterocycles. The smallest absolute Gasteiger partial charge is 0.325 e. The molecule has 0 bridgehead atoms. The third-order valence-electron chi connectivity index (χ3n) is 3.13. The molecule has 1 aromatic carbocycles. The van der Waals surface area contributed by atoms with E-state index in [9.17, 15) is 4.79 Å². The van der Waals surface area contributed by atoms with Gasteiger partial charge in [-0.05, 0) is 31.9 Å². The zero-order valence-corrected chi connectivity index (χ0v) is 11.7. The molecule has 5 heteroatoms. The lowest BCUT2D eigenvalue weighted by molar-refractivity contribution is -0.146. The summed E-state index contributed by atoms with van der Waals surface area (Å²) in [5.74, 6) is 0.637. The Hall–Kier alpha value is -1.59. The summed E-state index contributed by atoms with van der Waals surface area (Å²) in [6, 6.07) is 9.39.